The Kier molecular flexibility index (Phi) is 4.36. The van der Waals surface area contributed by atoms with Gasteiger partial charge in [-0.1, -0.05) is 13.8 Å². The maximum atomic E-state index is 12.2. The molecule has 1 heterocycles. The Hall–Kier alpha value is -1.06. The smallest absolute Gasteiger partial charge is 0.312 e. The third-order valence-electron chi connectivity index (χ3n) is 8.35. The number of hydrogen-bond acceptors (Lipinski definition) is 4. The molecule has 0 amide bonds. The van der Waals surface area contributed by atoms with Gasteiger partial charge in [0.15, 0.2) is 0 Å². The fourth-order valence-electron chi connectivity index (χ4n) is 7.21. The number of carbonyl (C=O) groups is 2. The highest BCUT2D eigenvalue weighted by Crippen LogP contribution is 2.73. The van der Waals surface area contributed by atoms with Crippen LogP contribution in [0.1, 0.15) is 58.8 Å². The van der Waals surface area contributed by atoms with E-state index < -0.39 is 0 Å². The van der Waals surface area contributed by atoms with Crippen molar-refractivity contribution in [1.82, 2.24) is 0 Å². The summed E-state index contributed by atoms with van der Waals surface area (Å²) in [6.45, 7) is 4.51. The largest absolute Gasteiger partial charge is 0.469 e. The van der Waals surface area contributed by atoms with Crippen LogP contribution in [0, 0.1) is 46.8 Å². The first-order valence-electron chi connectivity index (χ1n) is 10.3. The Labute approximate surface area is 151 Å². The molecule has 4 nitrogen and oxygen atoms in total. The molecule has 0 radical (unpaired) electrons. The molecule has 25 heavy (non-hydrogen) atoms. The number of methoxy groups -OCH3 is 1. The van der Waals surface area contributed by atoms with Crippen molar-refractivity contribution in [3.8, 4) is 0 Å². The molecule has 8 unspecified atom stereocenters. The molecule has 5 rings (SSSR count). The molecule has 1 aliphatic heterocycles. The van der Waals surface area contributed by atoms with E-state index in [0.717, 1.165) is 42.4 Å². The quantitative estimate of drug-likeness (QED) is 0.562. The van der Waals surface area contributed by atoms with E-state index in [1.807, 2.05) is 13.8 Å². The van der Waals surface area contributed by atoms with Gasteiger partial charge in [-0.2, -0.15) is 0 Å². The average Bonchev–Trinajstić information content (AvgIpc) is 3.41. The predicted molar refractivity (Wildman–Crippen MR) is 93.5 cm³/mol. The zero-order valence-corrected chi connectivity index (χ0v) is 15.8. The first-order valence-corrected chi connectivity index (χ1v) is 10.3. The number of carbonyl (C=O) groups excluding carboxylic acids is 2. The summed E-state index contributed by atoms with van der Waals surface area (Å²) in [6, 6.07) is 0. The van der Waals surface area contributed by atoms with E-state index >= 15 is 0 Å². The molecule has 0 aromatic heterocycles. The van der Waals surface area contributed by atoms with Crippen molar-refractivity contribution in [3.05, 3.63) is 0 Å². The molecule has 140 valence electrons. The van der Waals surface area contributed by atoms with Gasteiger partial charge in [-0.05, 0) is 80.5 Å². The Bertz CT molecular complexity index is 558. The Morgan fingerprint density at radius 2 is 1.96 bits per heavy atom. The zero-order chi connectivity index (χ0) is 17.8. The Morgan fingerprint density at radius 3 is 2.52 bits per heavy atom. The SMILES string of the molecule is CCC(C)C(=O)OC.O=C1OCCC12CC1CC2C2C3CCC(C3)C12. The van der Waals surface area contributed by atoms with Crippen molar-refractivity contribution in [1.29, 1.82) is 0 Å². The first-order chi connectivity index (χ1) is 12.0. The number of ether oxygens (including phenoxy) is 2. The summed E-state index contributed by atoms with van der Waals surface area (Å²) < 4.78 is 9.80. The van der Waals surface area contributed by atoms with Crippen LogP contribution in [0.3, 0.4) is 0 Å². The van der Waals surface area contributed by atoms with Crippen LogP contribution >= 0.6 is 0 Å². The molecule has 0 aromatic rings. The lowest BCUT2D eigenvalue weighted by atomic mass is 9.60. The molecular weight excluding hydrogens is 316 g/mol. The van der Waals surface area contributed by atoms with Gasteiger partial charge in [0.1, 0.15) is 0 Å². The Morgan fingerprint density at radius 1 is 1.24 bits per heavy atom. The predicted octanol–water partition coefficient (Wildman–Crippen LogP) is 3.83. The summed E-state index contributed by atoms with van der Waals surface area (Å²) in [5.41, 5.74) is -0.00366. The van der Waals surface area contributed by atoms with E-state index in [4.69, 9.17) is 4.74 Å². The van der Waals surface area contributed by atoms with Crippen molar-refractivity contribution < 1.29 is 19.1 Å². The summed E-state index contributed by atoms with van der Waals surface area (Å²) in [4.78, 5) is 22.7. The fraction of sp³-hybridized carbons (Fsp3) is 0.905. The van der Waals surface area contributed by atoms with E-state index in [1.54, 1.807) is 0 Å². The minimum absolute atomic E-state index is 0.00366. The van der Waals surface area contributed by atoms with Crippen LogP contribution in [0.2, 0.25) is 0 Å². The molecule has 5 aliphatic rings. The van der Waals surface area contributed by atoms with Gasteiger partial charge in [0.05, 0.1) is 25.0 Å². The van der Waals surface area contributed by atoms with E-state index in [-0.39, 0.29) is 23.3 Å². The summed E-state index contributed by atoms with van der Waals surface area (Å²) in [7, 11) is 1.41. The normalized spacial score (nSPS) is 46.6. The van der Waals surface area contributed by atoms with Gasteiger partial charge in [-0.15, -0.1) is 0 Å². The maximum absolute atomic E-state index is 12.2. The average molecular weight is 348 g/mol. The second-order valence-corrected chi connectivity index (χ2v) is 9.17. The van der Waals surface area contributed by atoms with Crippen LogP contribution in [0.5, 0.6) is 0 Å². The highest BCUT2D eigenvalue weighted by molar-refractivity contribution is 5.80. The van der Waals surface area contributed by atoms with Gasteiger partial charge >= 0.3 is 11.9 Å². The van der Waals surface area contributed by atoms with Crippen LogP contribution < -0.4 is 0 Å². The lowest BCUT2D eigenvalue weighted by Gasteiger charge is -2.42. The van der Waals surface area contributed by atoms with Crippen molar-refractivity contribution in [2.24, 2.45) is 46.8 Å². The van der Waals surface area contributed by atoms with Gasteiger partial charge in [0.25, 0.3) is 0 Å². The summed E-state index contributed by atoms with van der Waals surface area (Å²) >= 11 is 0. The molecular formula is C21H32O4. The van der Waals surface area contributed by atoms with Crippen molar-refractivity contribution >= 4 is 11.9 Å². The molecule has 4 saturated carbocycles. The van der Waals surface area contributed by atoms with E-state index in [9.17, 15) is 9.59 Å². The topological polar surface area (TPSA) is 52.6 Å². The Balaban J connectivity index is 0.000000170. The summed E-state index contributed by atoms with van der Waals surface area (Å²) in [5, 5.41) is 0. The van der Waals surface area contributed by atoms with Crippen LogP contribution in [0.4, 0.5) is 0 Å². The number of esters is 2. The molecule has 4 aliphatic carbocycles. The minimum atomic E-state index is -0.118. The third kappa shape index (κ3) is 2.46. The van der Waals surface area contributed by atoms with Gasteiger partial charge < -0.3 is 9.47 Å². The monoisotopic (exact) mass is 348 g/mol. The maximum Gasteiger partial charge on any atom is 0.312 e. The van der Waals surface area contributed by atoms with Crippen molar-refractivity contribution in [3.63, 3.8) is 0 Å². The molecule has 5 fully saturated rings. The first kappa shape index (κ1) is 17.4. The molecule has 4 heteroatoms. The van der Waals surface area contributed by atoms with Gasteiger partial charge in [0.2, 0.25) is 0 Å². The lowest BCUT2D eigenvalue weighted by molar-refractivity contribution is -0.151. The van der Waals surface area contributed by atoms with Gasteiger partial charge in [0, 0.05) is 0 Å². The molecule has 1 spiro atoms. The van der Waals surface area contributed by atoms with E-state index in [2.05, 4.69) is 4.74 Å². The minimum Gasteiger partial charge on any atom is -0.469 e. The number of cyclic esters (lactones) is 1. The van der Waals surface area contributed by atoms with Crippen molar-refractivity contribution in [2.45, 2.75) is 58.8 Å². The van der Waals surface area contributed by atoms with Crippen LogP contribution in [-0.4, -0.2) is 25.7 Å². The molecule has 0 aromatic carbocycles. The van der Waals surface area contributed by atoms with E-state index in [1.165, 1.54) is 39.2 Å². The third-order valence-corrected chi connectivity index (χ3v) is 8.35. The summed E-state index contributed by atoms with van der Waals surface area (Å²) in [6.07, 6.45) is 8.87. The molecule has 0 N–H and O–H groups in total. The van der Waals surface area contributed by atoms with Gasteiger partial charge in [-0.3, -0.25) is 9.59 Å². The van der Waals surface area contributed by atoms with Crippen LogP contribution in [0.15, 0.2) is 0 Å². The fourth-order valence-corrected chi connectivity index (χ4v) is 7.21. The summed E-state index contributed by atoms with van der Waals surface area (Å²) in [5.74, 6) is 5.64. The molecule has 1 saturated heterocycles. The molecule has 4 bridgehead atoms. The highest BCUT2D eigenvalue weighted by atomic mass is 16.5. The van der Waals surface area contributed by atoms with Gasteiger partial charge in [-0.25, -0.2) is 0 Å². The highest BCUT2D eigenvalue weighted by Gasteiger charge is 2.70. The number of rotatable bonds is 2. The van der Waals surface area contributed by atoms with Crippen molar-refractivity contribution in [2.75, 3.05) is 13.7 Å². The number of fused-ring (bicyclic) bond motifs is 10. The zero-order valence-electron chi connectivity index (χ0n) is 15.8. The number of hydrogen-bond donors (Lipinski definition) is 0. The second kappa shape index (κ2) is 6.28. The van der Waals surface area contributed by atoms with E-state index in [0.29, 0.717) is 12.5 Å². The van der Waals surface area contributed by atoms with Crippen LogP contribution in [-0.2, 0) is 19.1 Å². The molecule has 8 atom stereocenters. The van der Waals surface area contributed by atoms with Crippen LogP contribution in [0.25, 0.3) is 0 Å². The lowest BCUT2D eigenvalue weighted by Crippen LogP contribution is -2.42. The standard InChI is InChI=1S/C15H20O2.C6H12O2/c16-14-15(3-4-17-14)7-10-6-11(15)13-9-2-1-8(5-9)12(10)13;1-4-5(2)6(7)8-3/h8-13H,1-7H2;5H,4H2,1-3H3. The second-order valence-electron chi connectivity index (χ2n) is 9.17.